The highest BCUT2D eigenvalue weighted by Gasteiger charge is 2.04. The van der Waals surface area contributed by atoms with Gasteiger partial charge in [-0.05, 0) is 43.9 Å². The van der Waals surface area contributed by atoms with E-state index >= 15 is 0 Å². The maximum atomic E-state index is 11.0. The van der Waals surface area contributed by atoms with E-state index in [1.165, 1.54) is 7.11 Å². The number of nitrogens with zero attached hydrogens (tertiary/aromatic N) is 1. The Morgan fingerprint density at radius 3 is 2.59 bits per heavy atom. The highest BCUT2D eigenvalue weighted by Crippen LogP contribution is 2.22. The lowest BCUT2D eigenvalue weighted by Crippen LogP contribution is -2.38. The number of aliphatic imine (C=N–C) groups is 1. The third-order valence-electron chi connectivity index (χ3n) is 3.83. The number of carbonyl (C=O) groups is 1. The molecule has 1 aromatic rings. The first kappa shape index (κ1) is 25.8. The summed E-state index contributed by atoms with van der Waals surface area (Å²) in [6, 6.07) is 5.72. The molecular weight excluding hydrogens is 481 g/mol. The van der Waals surface area contributed by atoms with Crippen LogP contribution in [0.1, 0.15) is 38.2 Å². The van der Waals surface area contributed by atoms with E-state index in [0.717, 1.165) is 62.6 Å². The van der Waals surface area contributed by atoms with Crippen molar-refractivity contribution >= 4 is 47.5 Å². The van der Waals surface area contributed by atoms with E-state index in [9.17, 15) is 4.79 Å². The molecule has 27 heavy (non-hydrogen) atoms. The highest BCUT2D eigenvalue weighted by molar-refractivity contribution is 14.0. The van der Waals surface area contributed by atoms with Gasteiger partial charge in [0.25, 0.3) is 0 Å². The average Bonchev–Trinajstić information content (AvgIpc) is 2.65. The van der Waals surface area contributed by atoms with Crippen LogP contribution in [-0.4, -0.2) is 45.8 Å². The number of ether oxygens (including phenoxy) is 2. The van der Waals surface area contributed by atoms with Crippen molar-refractivity contribution in [1.29, 1.82) is 0 Å². The summed E-state index contributed by atoms with van der Waals surface area (Å²) in [5.41, 5.74) is 1.07. The largest absolute Gasteiger partial charge is 0.497 e. The van der Waals surface area contributed by atoms with Gasteiger partial charge in [-0.2, -0.15) is 0 Å². The second-order valence-electron chi connectivity index (χ2n) is 5.78. The number of methoxy groups -OCH3 is 2. The van der Waals surface area contributed by atoms with Crippen LogP contribution < -0.4 is 15.4 Å². The molecule has 0 saturated heterocycles. The van der Waals surface area contributed by atoms with Gasteiger partial charge in [0, 0.05) is 31.1 Å². The van der Waals surface area contributed by atoms with Gasteiger partial charge < -0.3 is 20.1 Å². The summed E-state index contributed by atoms with van der Waals surface area (Å²) in [4.78, 5) is 15.6. The van der Waals surface area contributed by atoms with E-state index < -0.39 is 0 Å². The fourth-order valence-electron chi connectivity index (χ4n) is 2.37. The number of benzene rings is 1. The summed E-state index contributed by atoms with van der Waals surface area (Å²) in [6.07, 6.45) is 4.01. The van der Waals surface area contributed by atoms with Crippen molar-refractivity contribution in [3.63, 3.8) is 0 Å². The maximum absolute atomic E-state index is 11.0. The van der Waals surface area contributed by atoms with Gasteiger partial charge in [0.05, 0.1) is 14.2 Å². The highest BCUT2D eigenvalue weighted by atomic mass is 127. The summed E-state index contributed by atoms with van der Waals surface area (Å²) in [7, 11) is 3.04. The third kappa shape index (κ3) is 11.3. The number of hydrogen-bond acceptors (Lipinski definition) is 4. The molecule has 0 aliphatic heterocycles. The van der Waals surface area contributed by atoms with Crippen molar-refractivity contribution in [1.82, 2.24) is 10.6 Å². The zero-order valence-electron chi connectivity index (χ0n) is 16.3. The van der Waals surface area contributed by atoms with Crippen molar-refractivity contribution in [3.05, 3.63) is 28.8 Å². The fourth-order valence-corrected chi connectivity index (χ4v) is 2.63. The Kier molecular flexibility index (Phi) is 15.1. The number of rotatable bonds is 11. The van der Waals surface area contributed by atoms with Crippen LogP contribution >= 0.6 is 35.6 Å². The van der Waals surface area contributed by atoms with Crippen molar-refractivity contribution < 1.29 is 14.3 Å². The Hall–Kier alpha value is -1.22. The smallest absolute Gasteiger partial charge is 0.305 e. The van der Waals surface area contributed by atoms with E-state index in [1.54, 1.807) is 7.11 Å². The summed E-state index contributed by atoms with van der Waals surface area (Å²) < 4.78 is 9.79. The Labute approximate surface area is 184 Å². The first-order chi connectivity index (χ1) is 12.6. The molecule has 0 saturated carbocycles. The summed E-state index contributed by atoms with van der Waals surface area (Å²) in [5.74, 6) is 1.40. The molecule has 0 atom stereocenters. The van der Waals surface area contributed by atoms with Crippen LogP contribution in [0.15, 0.2) is 23.2 Å². The molecule has 154 valence electrons. The van der Waals surface area contributed by atoms with E-state index in [0.29, 0.717) is 11.4 Å². The van der Waals surface area contributed by atoms with Gasteiger partial charge in [-0.25, -0.2) is 0 Å². The van der Waals surface area contributed by atoms with Crippen LogP contribution in [0.2, 0.25) is 5.02 Å². The van der Waals surface area contributed by atoms with E-state index in [2.05, 4.69) is 20.4 Å². The van der Waals surface area contributed by atoms with Crippen LogP contribution in [-0.2, 0) is 16.0 Å². The Balaban J connectivity index is 0.00000676. The standard InChI is InChI=1S/C19H30ClN3O3.HI/c1-4-21-19(22-12-7-5-6-8-18(24)26-3)23-13-11-15-9-10-16(25-2)14-17(15)20;/h9-10,14H,4-8,11-13H2,1-3H3,(H2,21,22,23);1H. The molecule has 0 radical (unpaired) electrons. The molecule has 1 aromatic carbocycles. The molecule has 0 fully saturated rings. The van der Waals surface area contributed by atoms with Crippen LogP contribution in [0.3, 0.4) is 0 Å². The number of hydrogen-bond donors (Lipinski definition) is 2. The molecule has 0 heterocycles. The Bertz CT molecular complexity index is 585. The van der Waals surface area contributed by atoms with Crippen LogP contribution in [0, 0.1) is 0 Å². The number of carbonyl (C=O) groups excluding carboxylic acids is 1. The molecular formula is C19H31ClIN3O3. The molecule has 1 rings (SSSR count). The minimum Gasteiger partial charge on any atom is -0.497 e. The molecule has 0 aromatic heterocycles. The van der Waals surface area contributed by atoms with Crippen LogP contribution in [0.5, 0.6) is 5.75 Å². The zero-order chi connectivity index (χ0) is 19.2. The lowest BCUT2D eigenvalue weighted by atomic mass is 10.1. The second-order valence-corrected chi connectivity index (χ2v) is 6.19. The van der Waals surface area contributed by atoms with Gasteiger partial charge >= 0.3 is 5.97 Å². The molecule has 0 bridgehead atoms. The zero-order valence-corrected chi connectivity index (χ0v) is 19.4. The van der Waals surface area contributed by atoms with Crippen molar-refractivity contribution in [3.8, 4) is 5.75 Å². The Morgan fingerprint density at radius 1 is 1.19 bits per heavy atom. The molecule has 0 amide bonds. The van der Waals surface area contributed by atoms with Gasteiger partial charge in [0.2, 0.25) is 0 Å². The van der Waals surface area contributed by atoms with Crippen LogP contribution in [0.4, 0.5) is 0 Å². The molecule has 6 nitrogen and oxygen atoms in total. The van der Waals surface area contributed by atoms with Crippen LogP contribution in [0.25, 0.3) is 0 Å². The summed E-state index contributed by atoms with van der Waals surface area (Å²) in [5, 5.41) is 7.26. The molecule has 0 aliphatic carbocycles. The number of halogens is 2. The monoisotopic (exact) mass is 511 g/mol. The minimum atomic E-state index is -0.152. The predicted octanol–water partition coefficient (Wildman–Crippen LogP) is 3.80. The first-order valence-corrected chi connectivity index (χ1v) is 9.40. The molecule has 0 aliphatic rings. The average molecular weight is 512 g/mol. The van der Waals surface area contributed by atoms with Gasteiger partial charge in [-0.15, -0.1) is 24.0 Å². The molecule has 8 heteroatoms. The second kappa shape index (κ2) is 15.8. The minimum absolute atomic E-state index is 0. The van der Waals surface area contributed by atoms with E-state index in [-0.39, 0.29) is 29.9 Å². The lowest BCUT2D eigenvalue weighted by Gasteiger charge is -2.12. The van der Waals surface area contributed by atoms with Gasteiger partial charge in [0.15, 0.2) is 5.96 Å². The number of nitrogens with one attached hydrogen (secondary N) is 2. The topological polar surface area (TPSA) is 72.0 Å². The van der Waals surface area contributed by atoms with Gasteiger partial charge in [0.1, 0.15) is 5.75 Å². The number of esters is 1. The quantitative estimate of drug-likeness (QED) is 0.155. The fraction of sp³-hybridized carbons (Fsp3) is 0.579. The van der Waals surface area contributed by atoms with E-state index in [4.69, 9.17) is 16.3 Å². The van der Waals surface area contributed by atoms with Crippen molar-refractivity contribution in [2.24, 2.45) is 4.99 Å². The normalized spacial score (nSPS) is 10.7. The van der Waals surface area contributed by atoms with Crippen molar-refractivity contribution in [2.45, 2.75) is 39.0 Å². The number of unbranched alkanes of at least 4 members (excludes halogenated alkanes) is 2. The molecule has 0 unspecified atom stereocenters. The lowest BCUT2D eigenvalue weighted by molar-refractivity contribution is -0.140. The summed E-state index contributed by atoms with van der Waals surface area (Å²) in [6.45, 7) is 4.30. The van der Waals surface area contributed by atoms with E-state index in [1.807, 2.05) is 25.1 Å². The van der Waals surface area contributed by atoms with Crippen molar-refractivity contribution in [2.75, 3.05) is 33.9 Å². The molecule has 0 spiro atoms. The van der Waals surface area contributed by atoms with Gasteiger partial charge in [-0.3, -0.25) is 9.79 Å². The first-order valence-electron chi connectivity index (χ1n) is 9.02. The predicted molar refractivity (Wildman–Crippen MR) is 122 cm³/mol. The third-order valence-corrected chi connectivity index (χ3v) is 4.18. The van der Waals surface area contributed by atoms with Gasteiger partial charge in [-0.1, -0.05) is 24.1 Å². The molecule has 2 N–H and O–H groups in total. The maximum Gasteiger partial charge on any atom is 0.305 e. The SMILES string of the molecule is CCNC(=NCCCCCC(=O)OC)NCCc1ccc(OC)cc1Cl.I. The summed E-state index contributed by atoms with van der Waals surface area (Å²) >= 11 is 6.26. The number of guanidine groups is 1. The Morgan fingerprint density at radius 2 is 1.96 bits per heavy atom.